The molecule has 0 saturated heterocycles. The number of hydrogen-bond acceptors (Lipinski definition) is 0. The van der Waals surface area contributed by atoms with Crippen molar-refractivity contribution < 1.29 is 0 Å². The fourth-order valence-corrected chi connectivity index (χ4v) is 0.883. The lowest BCUT2D eigenvalue weighted by atomic mass is 10.2. The molecule has 0 aliphatic carbocycles. The largest absolute Gasteiger partial charge is 0.0991 e. The molecule has 0 nitrogen and oxygen atoms in total. The maximum Gasteiger partial charge on any atom is -0.0348 e. The Bertz CT molecular complexity index is 129. The molecule has 0 spiro atoms. The second-order valence-electron chi connectivity index (χ2n) is 2.52. The van der Waals surface area contributed by atoms with E-state index in [-0.39, 0.29) is 0 Å². The van der Waals surface area contributed by atoms with Crippen LogP contribution in [0.2, 0.25) is 0 Å². The van der Waals surface area contributed by atoms with E-state index in [0.717, 1.165) is 0 Å². The van der Waals surface area contributed by atoms with E-state index < -0.39 is 0 Å². The van der Waals surface area contributed by atoms with Gasteiger partial charge < -0.3 is 0 Å². The van der Waals surface area contributed by atoms with E-state index in [1.807, 2.05) is 12.2 Å². The fourth-order valence-electron chi connectivity index (χ4n) is 0.883. The molecule has 0 N–H and O–H groups in total. The number of unbranched alkanes of at least 4 members (excludes halogenated alkanes) is 3. The van der Waals surface area contributed by atoms with Crippen LogP contribution >= 0.6 is 0 Å². The van der Waals surface area contributed by atoms with Crippen LogP contribution in [0.15, 0.2) is 37.0 Å². The second-order valence-corrected chi connectivity index (χ2v) is 2.52. The van der Waals surface area contributed by atoms with Crippen molar-refractivity contribution in [3.8, 4) is 0 Å². The topological polar surface area (TPSA) is 0 Å². The van der Waals surface area contributed by atoms with E-state index in [1.54, 1.807) is 0 Å². The van der Waals surface area contributed by atoms with Crippen LogP contribution in [0.4, 0.5) is 0 Å². The standard InChI is InChI=1S/C11H18/c1-3-5-7-9-11-10-8-6-4-2/h3-7H,1,8-11H2,2H3. The van der Waals surface area contributed by atoms with E-state index in [1.165, 1.54) is 25.7 Å². The molecular formula is C11H18. The average molecular weight is 150 g/mol. The Labute approximate surface area is 70.3 Å². The SMILES string of the molecule is C=CC=CCCCCC=CC. The van der Waals surface area contributed by atoms with Gasteiger partial charge in [-0.25, -0.2) is 0 Å². The molecular weight excluding hydrogens is 132 g/mol. The minimum Gasteiger partial charge on any atom is -0.0991 e. The summed E-state index contributed by atoms with van der Waals surface area (Å²) in [5.41, 5.74) is 0. The molecule has 0 rings (SSSR count). The average Bonchev–Trinajstić information content (AvgIpc) is 2.03. The zero-order chi connectivity index (χ0) is 8.36. The molecule has 0 heterocycles. The summed E-state index contributed by atoms with van der Waals surface area (Å²) >= 11 is 0. The Morgan fingerprint density at radius 3 is 2.27 bits per heavy atom. The highest BCUT2D eigenvalue weighted by molar-refractivity contribution is 4.96. The number of allylic oxidation sites excluding steroid dienone is 5. The summed E-state index contributed by atoms with van der Waals surface area (Å²) in [7, 11) is 0. The monoisotopic (exact) mass is 150 g/mol. The van der Waals surface area contributed by atoms with Crippen LogP contribution in [0, 0.1) is 0 Å². The molecule has 0 bridgehead atoms. The Kier molecular flexibility index (Phi) is 8.57. The van der Waals surface area contributed by atoms with Gasteiger partial charge >= 0.3 is 0 Å². The molecule has 0 aliphatic rings. The summed E-state index contributed by atoms with van der Waals surface area (Å²) in [6.07, 6.45) is 15.3. The van der Waals surface area contributed by atoms with E-state index in [2.05, 4.69) is 31.7 Å². The summed E-state index contributed by atoms with van der Waals surface area (Å²) in [6, 6.07) is 0. The molecule has 0 heteroatoms. The molecule has 0 atom stereocenters. The highest BCUT2D eigenvalue weighted by Gasteiger charge is 1.81. The quantitative estimate of drug-likeness (QED) is 0.306. The van der Waals surface area contributed by atoms with E-state index in [0.29, 0.717) is 0 Å². The van der Waals surface area contributed by atoms with Crippen LogP contribution in [-0.4, -0.2) is 0 Å². The maximum absolute atomic E-state index is 3.61. The van der Waals surface area contributed by atoms with Crippen LogP contribution in [0.3, 0.4) is 0 Å². The normalized spacial score (nSPS) is 11.4. The summed E-state index contributed by atoms with van der Waals surface area (Å²) in [5.74, 6) is 0. The van der Waals surface area contributed by atoms with Gasteiger partial charge in [0.25, 0.3) is 0 Å². The Balaban J connectivity index is 3.02. The summed E-state index contributed by atoms with van der Waals surface area (Å²) in [6.45, 7) is 5.68. The third-order valence-electron chi connectivity index (χ3n) is 1.50. The van der Waals surface area contributed by atoms with Gasteiger partial charge in [-0.15, -0.1) is 0 Å². The number of rotatable bonds is 6. The lowest BCUT2D eigenvalue weighted by Crippen LogP contribution is -1.71. The van der Waals surface area contributed by atoms with Gasteiger partial charge in [0, 0.05) is 0 Å². The van der Waals surface area contributed by atoms with Crippen molar-refractivity contribution in [3.05, 3.63) is 37.0 Å². The van der Waals surface area contributed by atoms with Crippen molar-refractivity contribution in [2.45, 2.75) is 32.6 Å². The fraction of sp³-hybridized carbons (Fsp3) is 0.455. The minimum atomic E-state index is 1.18. The van der Waals surface area contributed by atoms with Gasteiger partial charge in [-0.2, -0.15) is 0 Å². The van der Waals surface area contributed by atoms with E-state index in [9.17, 15) is 0 Å². The first-order valence-electron chi connectivity index (χ1n) is 4.30. The lowest BCUT2D eigenvalue weighted by Gasteiger charge is -1.91. The Morgan fingerprint density at radius 2 is 1.73 bits per heavy atom. The van der Waals surface area contributed by atoms with Gasteiger partial charge in [0.2, 0.25) is 0 Å². The third kappa shape index (κ3) is 9.22. The van der Waals surface area contributed by atoms with Crippen LogP contribution in [0.25, 0.3) is 0 Å². The molecule has 0 amide bonds. The van der Waals surface area contributed by atoms with Crippen LogP contribution in [0.1, 0.15) is 32.6 Å². The Hall–Kier alpha value is -0.780. The summed E-state index contributed by atoms with van der Waals surface area (Å²) in [4.78, 5) is 0. The zero-order valence-electron chi connectivity index (χ0n) is 7.42. The van der Waals surface area contributed by atoms with Crippen molar-refractivity contribution in [1.82, 2.24) is 0 Å². The smallest absolute Gasteiger partial charge is 0.0348 e. The molecule has 0 unspecified atom stereocenters. The molecule has 0 aromatic heterocycles. The van der Waals surface area contributed by atoms with E-state index >= 15 is 0 Å². The highest BCUT2D eigenvalue weighted by atomic mass is 13.9. The molecule has 62 valence electrons. The molecule has 0 radical (unpaired) electrons. The maximum atomic E-state index is 3.61. The first-order chi connectivity index (χ1) is 5.41. The van der Waals surface area contributed by atoms with Crippen molar-refractivity contribution in [2.24, 2.45) is 0 Å². The minimum absolute atomic E-state index is 1.18. The highest BCUT2D eigenvalue weighted by Crippen LogP contribution is 2.01. The predicted molar refractivity (Wildman–Crippen MR) is 52.6 cm³/mol. The van der Waals surface area contributed by atoms with Gasteiger partial charge in [0.1, 0.15) is 0 Å². The first-order valence-corrected chi connectivity index (χ1v) is 4.30. The van der Waals surface area contributed by atoms with Gasteiger partial charge in [0.05, 0.1) is 0 Å². The van der Waals surface area contributed by atoms with Gasteiger partial charge in [0.15, 0.2) is 0 Å². The van der Waals surface area contributed by atoms with Crippen LogP contribution < -0.4 is 0 Å². The third-order valence-corrected chi connectivity index (χ3v) is 1.50. The summed E-state index contributed by atoms with van der Waals surface area (Å²) in [5, 5.41) is 0. The first kappa shape index (κ1) is 10.2. The van der Waals surface area contributed by atoms with Crippen molar-refractivity contribution in [3.63, 3.8) is 0 Å². The van der Waals surface area contributed by atoms with Gasteiger partial charge in [-0.3, -0.25) is 0 Å². The van der Waals surface area contributed by atoms with E-state index in [4.69, 9.17) is 0 Å². The van der Waals surface area contributed by atoms with Crippen LogP contribution in [0.5, 0.6) is 0 Å². The summed E-state index contributed by atoms with van der Waals surface area (Å²) < 4.78 is 0. The lowest BCUT2D eigenvalue weighted by molar-refractivity contribution is 0.762. The molecule has 0 aliphatic heterocycles. The molecule has 0 aromatic rings. The van der Waals surface area contributed by atoms with Gasteiger partial charge in [-0.1, -0.05) is 37.0 Å². The van der Waals surface area contributed by atoms with Crippen molar-refractivity contribution in [1.29, 1.82) is 0 Å². The van der Waals surface area contributed by atoms with Crippen LogP contribution in [-0.2, 0) is 0 Å². The number of hydrogen-bond donors (Lipinski definition) is 0. The molecule has 0 saturated carbocycles. The Morgan fingerprint density at radius 1 is 1.09 bits per heavy atom. The zero-order valence-corrected chi connectivity index (χ0v) is 7.42. The molecule has 0 aromatic carbocycles. The molecule has 0 fully saturated rings. The molecule has 11 heavy (non-hydrogen) atoms. The predicted octanol–water partition coefficient (Wildman–Crippen LogP) is 3.87. The van der Waals surface area contributed by atoms with Gasteiger partial charge in [-0.05, 0) is 32.6 Å². The van der Waals surface area contributed by atoms with Crippen molar-refractivity contribution >= 4 is 0 Å². The van der Waals surface area contributed by atoms with Crippen molar-refractivity contribution in [2.75, 3.05) is 0 Å². The second kappa shape index (κ2) is 9.22.